The van der Waals surface area contributed by atoms with Crippen molar-refractivity contribution in [3.8, 4) is 17.4 Å². The SMILES string of the molecule is COc1cc(N2CCCC[C@@H]2C)nc(NC(=S)NCc2ccc3c(c2)OCO3)n1. The number of thiocarbonyl (C=S) groups is 1. The van der Waals surface area contributed by atoms with Gasteiger partial charge in [0.2, 0.25) is 18.6 Å². The Morgan fingerprint density at radius 2 is 2.10 bits per heavy atom. The standard InChI is InChI=1S/C20H25N5O3S/c1-13-5-3-4-8-25(13)17-10-18(26-2)23-19(22-17)24-20(29)21-11-14-6-7-15-16(9-14)28-12-27-15/h6-7,9-10,13H,3-5,8,11-12H2,1-2H3,(H2,21,22,23,24,29)/t13-/m0/s1. The van der Waals surface area contributed by atoms with Crippen molar-refractivity contribution >= 4 is 29.1 Å². The summed E-state index contributed by atoms with van der Waals surface area (Å²) in [7, 11) is 1.60. The summed E-state index contributed by atoms with van der Waals surface area (Å²) in [6.45, 7) is 4.01. The van der Waals surface area contributed by atoms with Crippen molar-refractivity contribution in [2.24, 2.45) is 0 Å². The molecule has 1 aromatic carbocycles. The van der Waals surface area contributed by atoms with E-state index in [-0.39, 0.29) is 6.79 Å². The number of fused-ring (bicyclic) bond motifs is 1. The third kappa shape index (κ3) is 4.61. The zero-order chi connectivity index (χ0) is 20.2. The number of nitrogens with zero attached hydrogens (tertiary/aromatic N) is 3. The van der Waals surface area contributed by atoms with E-state index in [0.717, 1.165) is 42.3 Å². The molecule has 3 heterocycles. The quantitative estimate of drug-likeness (QED) is 0.716. The first-order chi connectivity index (χ1) is 14.1. The van der Waals surface area contributed by atoms with E-state index in [0.29, 0.717) is 29.5 Å². The van der Waals surface area contributed by atoms with Gasteiger partial charge in [-0.1, -0.05) is 6.07 Å². The first kappa shape index (κ1) is 19.5. The molecule has 2 aromatic rings. The molecule has 1 saturated heterocycles. The van der Waals surface area contributed by atoms with Gasteiger partial charge in [-0.05, 0) is 56.1 Å². The van der Waals surface area contributed by atoms with Crippen LogP contribution >= 0.6 is 12.2 Å². The number of piperidine rings is 1. The molecule has 29 heavy (non-hydrogen) atoms. The fourth-order valence-corrected chi connectivity index (χ4v) is 3.70. The second kappa shape index (κ2) is 8.69. The molecular weight excluding hydrogens is 390 g/mol. The van der Waals surface area contributed by atoms with Crippen LogP contribution in [0.2, 0.25) is 0 Å². The van der Waals surface area contributed by atoms with Gasteiger partial charge >= 0.3 is 0 Å². The molecule has 2 aliphatic rings. The van der Waals surface area contributed by atoms with E-state index in [1.165, 1.54) is 6.42 Å². The number of aromatic nitrogens is 2. The Morgan fingerprint density at radius 1 is 1.24 bits per heavy atom. The van der Waals surface area contributed by atoms with E-state index in [9.17, 15) is 0 Å². The number of ether oxygens (including phenoxy) is 3. The number of hydrogen-bond donors (Lipinski definition) is 2. The van der Waals surface area contributed by atoms with Gasteiger partial charge in [-0.2, -0.15) is 9.97 Å². The first-order valence-corrected chi connectivity index (χ1v) is 10.2. The number of nitrogens with one attached hydrogen (secondary N) is 2. The van der Waals surface area contributed by atoms with Gasteiger partial charge < -0.3 is 29.7 Å². The van der Waals surface area contributed by atoms with Crippen molar-refractivity contribution in [2.75, 3.05) is 30.7 Å². The van der Waals surface area contributed by atoms with Crippen LogP contribution in [0, 0.1) is 0 Å². The van der Waals surface area contributed by atoms with Gasteiger partial charge in [0.1, 0.15) is 5.82 Å². The lowest BCUT2D eigenvalue weighted by molar-refractivity contribution is 0.174. The van der Waals surface area contributed by atoms with Gasteiger partial charge in [0, 0.05) is 25.2 Å². The van der Waals surface area contributed by atoms with E-state index in [1.54, 1.807) is 7.11 Å². The average molecular weight is 416 g/mol. The van der Waals surface area contributed by atoms with E-state index in [1.807, 2.05) is 24.3 Å². The minimum Gasteiger partial charge on any atom is -0.481 e. The second-order valence-corrected chi connectivity index (χ2v) is 7.53. The first-order valence-electron chi connectivity index (χ1n) is 9.75. The van der Waals surface area contributed by atoms with Gasteiger partial charge in [-0.3, -0.25) is 0 Å². The molecule has 0 saturated carbocycles. The summed E-state index contributed by atoms with van der Waals surface area (Å²) in [5, 5.41) is 6.68. The number of anilines is 2. The summed E-state index contributed by atoms with van der Waals surface area (Å²) in [6.07, 6.45) is 3.57. The summed E-state index contributed by atoms with van der Waals surface area (Å²) in [6, 6.07) is 8.12. The summed E-state index contributed by atoms with van der Waals surface area (Å²) in [5.74, 6) is 3.29. The summed E-state index contributed by atoms with van der Waals surface area (Å²) < 4.78 is 16.1. The van der Waals surface area contributed by atoms with Crippen molar-refractivity contribution in [3.63, 3.8) is 0 Å². The highest BCUT2D eigenvalue weighted by molar-refractivity contribution is 7.80. The van der Waals surface area contributed by atoms with Crippen LogP contribution in [-0.2, 0) is 6.54 Å². The number of hydrogen-bond acceptors (Lipinski definition) is 7. The predicted molar refractivity (Wildman–Crippen MR) is 115 cm³/mol. The van der Waals surface area contributed by atoms with Gasteiger partial charge in [-0.25, -0.2) is 0 Å². The Bertz CT molecular complexity index is 894. The molecule has 0 aliphatic carbocycles. The Morgan fingerprint density at radius 3 is 2.93 bits per heavy atom. The predicted octanol–water partition coefficient (Wildman–Crippen LogP) is 3.08. The van der Waals surface area contributed by atoms with Gasteiger partial charge in [0.25, 0.3) is 0 Å². The van der Waals surface area contributed by atoms with Crippen LogP contribution in [0.25, 0.3) is 0 Å². The molecule has 2 aliphatic heterocycles. The Balaban J connectivity index is 1.41. The molecule has 4 rings (SSSR count). The molecule has 0 unspecified atom stereocenters. The minimum atomic E-state index is 0.261. The molecule has 154 valence electrons. The van der Waals surface area contributed by atoms with Crippen LogP contribution in [0.4, 0.5) is 11.8 Å². The summed E-state index contributed by atoms with van der Waals surface area (Å²) in [4.78, 5) is 11.3. The number of rotatable bonds is 5. The van der Waals surface area contributed by atoms with E-state index >= 15 is 0 Å². The maximum absolute atomic E-state index is 5.42. The monoisotopic (exact) mass is 415 g/mol. The topological polar surface area (TPSA) is 80.8 Å². The second-order valence-electron chi connectivity index (χ2n) is 7.13. The van der Waals surface area contributed by atoms with Crippen molar-refractivity contribution in [1.82, 2.24) is 15.3 Å². The smallest absolute Gasteiger partial charge is 0.234 e. The molecule has 0 amide bonds. The van der Waals surface area contributed by atoms with Crippen LogP contribution in [0.5, 0.6) is 17.4 Å². The highest BCUT2D eigenvalue weighted by Crippen LogP contribution is 2.32. The third-order valence-electron chi connectivity index (χ3n) is 5.11. The highest BCUT2D eigenvalue weighted by atomic mass is 32.1. The van der Waals surface area contributed by atoms with E-state index < -0.39 is 0 Å². The highest BCUT2D eigenvalue weighted by Gasteiger charge is 2.21. The Hall–Kier alpha value is -2.81. The minimum absolute atomic E-state index is 0.261. The molecule has 1 aromatic heterocycles. The van der Waals surface area contributed by atoms with Crippen LogP contribution < -0.4 is 29.7 Å². The fraction of sp³-hybridized carbons (Fsp3) is 0.450. The van der Waals surface area contributed by atoms with Crippen molar-refractivity contribution in [1.29, 1.82) is 0 Å². The van der Waals surface area contributed by atoms with Crippen molar-refractivity contribution < 1.29 is 14.2 Å². The normalized spacial score (nSPS) is 17.7. The molecule has 1 fully saturated rings. The molecule has 0 radical (unpaired) electrons. The zero-order valence-corrected chi connectivity index (χ0v) is 17.4. The molecule has 1 atom stereocenters. The van der Waals surface area contributed by atoms with E-state index in [4.69, 9.17) is 26.4 Å². The lowest BCUT2D eigenvalue weighted by Gasteiger charge is -2.34. The van der Waals surface area contributed by atoms with Crippen LogP contribution in [-0.4, -0.2) is 41.6 Å². The maximum atomic E-state index is 5.42. The van der Waals surface area contributed by atoms with Crippen molar-refractivity contribution in [2.45, 2.75) is 38.8 Å². The fourth-order valence-electron chi connectivity index (χ4n) is 3.54. The zero-order valence-electron chi connectivity index (χ0n) is 16.6. The largest absolute Gasteiger partial charge is 0.481 e. The van der Waals surface area contributed by atoms with E-state index in [2.05, 4.69) is 32.4 Å². The third-order valence-corrected chi connectivity index (χ3v) is 5.36. The van der Waals surface area contributed by atoms with Crippen LogP contribution in [0.3, 0.4) is 0 Å². The molecule has 0 spiro atoms. The molecular formula is C20H25N5O3S. The number of benzene rings is 1. The van der Waals surface area contributed by atoms with Gasteiger partial charge in [-0.15, -0.1) is 0 Å². The molecule has 2 N–H and O–H groups in total. The Kier molecular flexibility index (Phi) is 5.84. The Labute approximate surface area is 175 Å². The maximum Gasteiger partial charge on any atom is 0.234 e. The lowest BCUT2D eigenvalue weighted by Crippen LogP contribution is -2.38. The van der Waals surface area contributed by atoms with Crippen LogP contribution in [0.1, 0.15) is 31.7 Å². The summed E-state index contributed by atoms with van der Waals surface area (Å²) >= 11 is 5.42. The lowest BCUT2D eigenvalue weighted by atomic mass is 10.0. The number of methoxy groups -OCH3 is 1. The molecule has 9 heteroatoms. The summed E-state index contributed by atoms with van der Waals surface area (Å²) in [5.41, 5.74) is 1.03. The van der Waals surface area contributed by atoms with Gasteiger partial charge in [0.15, 0.2) is 16.6 Å². The average Bonchev–Trinajstić information content (AvgIpc) is 3.20. The van der Waals surface area contributed by atoms with Crippen molar-refractivity contribution in [3.05, 3.63) is 29.8 Å². The molecule has 0 bridgehead atoms. The van der Waals surface area contributed by atoms with Crippen LogP contribution in [0.15, 0.2) is 24.3 Å². The van der Waals surface area contributed by atoms with Gasteiger partial charge in [0.05, 0.1) is 7.11 Å². The molecule has 8 nitrogen and oxygen atoms in total.